The van der Waals surface area contributed by atoms with Gasteiger partial charge in [-0.25, -0.2) is 0 Å². The molecule has 0 aliphatic carbocycles. The maximum atomic E-state index is 9.41. The van der Waals surface area contributed by atoms with Crippen LogP contribution >= 0.6 is 0 Å². The monoisotopic (exact) mass is 393 g/mol. The van der Waals surface area contributed by atoms with Crippen LogP contribution in [0.4, 0.5) is 0 Å². The third-order valence-corrected chi connectivity index (χ3v) is 3.03. The molecule has 0 atom stereocenters. The topological polar surface area (TPSA) is 80.3 Å². The molecule has 73 valence electrons. The van der Waals surface area contributed by atoms with Gasteiger partial charge in [-0.1, -0.05) is 0 Å². The van der Waals surface area contributed by atoms with Crippen LogP contribution in [-0.4, -0.2) is 11.9 Å². The molecule has 0 heterocycles. The molecule has 0 aromatic heterocycles. The fraction of sp³-hybridized carbons (Fsp3) is 0. The summed E-state index contributed by atoms with van der Waals surface area (Å²) in [6, 6.07) is 10.6. The van der Waals surface area contributed by atoms with Gasteiger partial charge in [-0.3, -0.25) is 0 Å². The Morgan fingerprint density at radius 3 is 1.60 bits per heavy atom. The van der Waals surface area contributed by atoms with Gasteiger partial charge in [0.2, 0.25) is 0 Å². The Morgan fingerprint density at radius 1 is 1.00 bits per heavy atom. The first kappa shape index (κ1) is 13.8. The van der Waals surface area contributed by atoms with Crippen molar-refractivity contribution in [1.82, 2.24) is 0 Å². The van der Waals surface area contributed by atoms with E-state index in [0.29, 0.717) is 12.2 Å². The van der Waals surface area contributed by atoms with Gasteiger partial charge in [0, 0.05) is 0 Å². The summed E-state index contributed by atoms with van der Waals surface area (Å²) in [5, 5.41) is 18.8. The fourth-order valence-electron chi connectivity index (χ4n) is 0.614. The first-order valence-corrected chi connectivity index (χ1v) is 6.74. The Labute approximate surface area is 103 Å². The zero-order chi connectivity index (χ0) is 11.7. The van der Waals surface area contributed by atoms with Crippen molar-refractivity contribution in [3.8, 4) is 0 Å². The third-order valence-electron chi connectivity index (χ3n) is 1.20. The van der Waals surface area contributed by atoms with Crippen LogP contribution in [0.5, 0.6) is 0 Å². The van der Waals surface area contributed by atoms with Crippen LogP contribution in [-0.2, 0) is 35.7 Å². The summed E-state index contributed by atoms with van der Waals surface area (Å²) in [6.07, 6.45) is 0.769. The van der Waals surface area contributed by atoms with Gasteiger partial charge in [-0.15, -0.1) is 0 Å². The summed E-state index contributed by atoms with van der Waals surface area (Å²) in [5.74, 6) is -3.09. The molecule has 0 aliphatic rings. The minimum absolute atomic E-state index is 0.384. The van der Waals surface area contributed by atoms with Crippen LogP contribution in [0.1, 0.15) is 0 Å². The summed E-state index contributed by atoms with van der Waals surface area (Å²) in [6.45, 7) is 0. The minimum atomic E-state index is -1.55. The summed E-state index contributed by atoms with van der Waals surface area (Å²) in [4.78, 5) is 18.8. The van der Waals surface area contributed by atoms with Crippen molar-refractivity contribution >= 4 is 15.0 Å². The van der Waals surface area contributed by atoms with Crippen LogP contribution in [0.3, 0.4) is 0 Å². The van der Waals surface area contributed by atoms with Gasteiger partial charge in [-0.2, -0.15) is 0 Å². The summed E-state index contributed by atoms with van der Waals surface area (Å²) in [5.41, 5.74) is 0. The molecule has 0 unspecified atom stereocenters. The number of benzene rings is 1. The Morgan fingerprint density at radius 2 is 1.40 bits per heavy atom. The molecular weight excluding hydrogens is 385 g/mol. The van der Waals surface area contributed by atoms with E-state index in [9.17, 15) is 19.8 Å². The van der Waals surface area contributed by atoms with E-state index in [0.717, 1.165) is 26.1 Å². The van der Waals surface area contributed by atoms with Crippen molar-refractivity contribution < 1.29 is 45.9 Å². The molecule has 0 fully saturated rings. The van der Waals surface area contributed by atoms with E-state index >= 15 is 0 Å². The Hall–Kier alpha value is -1.16. The van der Waals surface area contributed by atoms with E-state index in [1.54, 1.807) is 0 Å². The van der Waals surface area contributed by atoms with Gasteiger partial charge in [-0.05, 0) is 12.2 Å². The summed E-state index contributed by atoms with van der Waals surface area (Å²) < 4.78 is 1.52. The van der Waals surface area contributed by atoms with E-state index < -0.39 is 11.9 Å². The molecule has 0 saturated carbocycles. The molecule has 5 heteroatoms. The molecule has 4 nitrogen and oxygen atoms in total. The second-order valence-electron chi connectivity index (χ2n) is 2.46. The first-order chi connectivity index (χ1) is 7.02. The summed E-state index contributed by atoms with van der Waals surface area (Å²) >= 11 is 0.810. The Bertz CT molecular complexity index is 330. The van der Waals surface area contributed by atoms with Crippen molar-refractivity contribution in [3.63, 3.8) is 0 Å². The van der Waals surface area contributed by atoms with E-state index in [1.165, 1.54) is 3.07 Å². The van der Waals surface area contributed by atoms with Crippen LogP contribution in [0.15, 0.2) is 42.5 Å². The molecule has 0 radical (unpaired) electrons. The first-order valence-electron chi connectivity index (χ1n) is 3.99. The number of carboxylic acid groups (broad SMARTS) is 2. The van der Waals surface area contributed by atoms with Gasteiger partial charge in [0.1, 0.15) is 0 Å². The molecule has 1 aromatic carbocycles. The Balaban J connectivity index is 0.000000262. The standard InChI is InChI=1S/C6H5.C4H4O4.Hg/c1-2-4-6-5-3-1;5-3(6)1-2-4(7)8;/h1-5H;1-2H,(H,5,6)(H,7,8);/q;;+2/p-2. The number of rotatable bonds is 2. The third kappa shape index (κ3) is 10.8. The maximum absolute atomic E-state index is 9.41. The van der Waals surface area contributed by atoms with Crippen molar-refractivity contribution in [2.75, 3.05) is 0 Å². The number of hydrogen-bond acceptors (Lipinski definition) is 4. The molecule has 0 amide bonds. The number of carbonyl (C=O) groups is 2. The normalized spacial score (nSPS) is 9.20. The van der Waals surface area contributed by atoms with E-state index in [4.69, 9.17) is 0 Å². The molecule has 1 aromatic rings. The number of aliphatic carboxylic acids is 2. The van der Waals surface area contributed by atoms with Gasteiger partial charge >= 0.3 is 59.5 Å². The van der Waals surface area contributed by atoms with Crippen LogP contribution in [0.25, 0.3) is 0 Å². The van der Waals surface area contributed by atoms with Crippen LogP contribution in [0.2, 0.25) is 0 Å². The second kappa shape index (κ2) is 8.17. The molecule has 0 saturated heterocycles. The van der Waals surface area contributed by atoms with Gasteiger partial charge in [0.25, 0.3) is 0 Å². The zero-order valence-electron chi connectivity index (χ0n) is 7.88. The quantitative estimate of drug-likeness (QED) is 0.427. The van der Waals surface area contributed by atoms with E-state index in [1.807, 2.05) is 0 Å². The molecular formula is C10H7HgO4. The second-order valence-corrected chi connectivity index (χ2v) is 5.63. The molecule has 0 N–H and O–H groups in total. The molecule has 1 rings (SSSR count). The number of hydrogen-bond donors (Lipinski definition) is 0. The van der Waals surface area contributed by atoms with Crippen molar-refractivity contribution in [3.05, 3.63) is 42.5 Å². The van der Waals surface area contributed by atoms with Crippen LogP contribution < -0.4 is 13.3 Å². The van der Waals surface area contributed by atoms with Gasteiger partial charge < -0.3 is 19.8 Å². The van der Waals surface area contributed by atoms with E-state index in [-0.39, 0.29) is 0 Å². The van der Waals surface area contributed by atoms with Crippen molar-refractivity contribution in [1.29, 1.82) is 0 Å². The average Bonchev–Trinajstić information content (AvgIpc) is 2.17. The van der Waals surface area contributed by atoms with Crippen molar-refractivity contribution in [2.24, 2.45) is 0 Å². The van der Waals surface area contributed by atoms with Crippen molar-refractivity contribution in [2.45, 2.75) is 0 Å². The fourth-order valence-corrected chi connectivity index (χ4v) is 1.67. The van der Waals surface area contributed by atoms with E-state index in [2.05, 4.69) is 30.3 Å². The molecule has 15 heavy (non-hydrogen) atoms. The Kier molecular flexibility index (Phi) is 7.53. The molecule has 0 bridgehead atoms. The van der Waals surface area contributed by atoms with Gasteiger partial charge in [0.05, 0.1) is 11.9 Å². The predicted molar refractivity (Wildman–Crippen MR) is 45.2 cm³/mol. The van der Waals surface area contributed by atoms with Crippen LogP contribution in [0, 0.1) is 0 Å². The number of carbonyl (C=O) groups excluding carboxylic acids is 2. The molecule has 0 aliphatic heterocycles. The SMILES string of the molecule is O=C([O-])C=CC(=O)[O-].[Hg+2][c]1ccccc1. The number of carboxylic acids is 2. The van der Waals surface area contributed by atoms with Gasteiger partial charge in [0.15, 0.2) is 0 Å². The average molecular weight is 392 g/mol. The summed E-state index contributed by atoms with van der Waals surface area (Å²) in [7, 11) is 0. The molecule has 0 spiro atoms. The predicted octanol–water partition coefficient (Wildman–Crippen LogP) is -2.10. The zero-order valence-corrected chi connectivity index (χ0v) is 13.4.